The number of fused-ring (bicyclic) bond motifs is 1. The second-order valence-corrected chi connectivity index (χ2v) is 5.22. The number of nitrogens with zero attached hydrogens (tertiary/aromatic N) is 2. The highest BCUT2D eigenvalue weighted by molar-refractivity contribution is 5.69. The maximum atomic E-state index is 4.48. The summed E-state index contributed by atoms with van der Waals surface area (Å²) in [6.07, 6.45) is 6.55. The third-order valence-corrected chi connectivity index (χ3v) is 4.07. The Hall–Kier alpha value is -1.19. The van der Waals surface area contributed by atoms with Gasteiger partial charge in [0.25, 0.3) is 0 Å². The number of aryl methyl sites for hydroxylation is 2. The standard InChI is InChI=1S/C12H20N4/c1-9-10-11(16(2)15-9)14-12(7-8-13-10)5-3-4-6-12/h13-14H,3-8H2,1-2H3. The van der Waals surface area contributed by atoms with Gasteiger partial charge in [0, 0.05) is 19.1 Å². The molecule has 1 spiro atoms. The summed E-state index contributed by atoms with van der Waals surface area (Å²) in [6, 6.07) is 0. The summed E-state index contributed by atoms with van der Waals surface area (Å²) in [6.45, 7) is 3.13. The molecular weight excluding hydrogens is 200 g/mol. The molecule has 0 unspecified atom stereocenters. The number of anilines is 2. The molecule has 0 radical (unpaired) electrons. The van der Waals surface area contributed by atoms with Crippen LogP contribution in [-0.4, -0.2) is 21.9 Å². The molecule has 1 aromatic heterocycles. The van der Waals surface area contributed by atoms with Crippen LogP contribution in [-0.2, 0) is 7.05 Å². The van der Waals surface area contributed by atoms with E-state index < -0.39 is 0 Å². The van der Waals surface area contributed by atoms with Crippen molar-refractivity contribution in [3.05, 3.63) is 5.69 Å². The van der Waals surface area contributed by atoms with Crippen LogP contribution >= 0.6 is 0 Å². The van der Waals surface area contributed by atoms with E-state index in [2.05, 4.69) is 22.7 Å². The van der Waals surface area contributed by atoms with Crippen molar-refractivity contribution >= 4 is 11.5 Å². The molecule has 2 N–H and O–H groups in total. The zero-order valence-corrected chi connectivity index (χ0v) is 10.1. The fraction of sp³-hybridized carbons (Fsp3) is 0.750. The molecular formula is C12H20N4. The van der Waals surface area contributed by atoms with E-state index in [0.29, 0.717) is 5.54 Å². The van der Waals surface area contributed by atoms with Crippen molar-refractivity contribution in [1.29, 1.82) is 0 Å². The van der Waals surface area contributed by atoms with Crippen LogP contribution in [0, 0.1) is 6.92 Å². The van der Waals surface area contributed by atoms with E-state index in [1.807, 2.05) is 11.7 Å². The van der Waals surface area contributed by atoms with Crippen LogP contribution in [0.15, 0.2) is 0 Å². The zero-order valence-electron chi connectivity index (χ0n) is 10.1. The molecule has 0 amide bonds. The molecule has 0 saturated heterocycles. The summed E-state index contributed by atoms with van der Waals surface area (Å²) in [7, 11) is 2.02. The molecule has 1 aliphatic carbocycles. The van der Waals surface area contributed by atoms with Crippen molar-refractivity contribution in [2.45, 2.75) is 44.6 Å². The Morgan fingerprint density at radius 2 is 2.00 bits per heavy atom. The normalized spacial score (nSPS) is 22.4. The number of hydrogen-bond acceptors (Lipinski definition) is 3. The van der Waals surface area contributed by atoms with Gasteiger partial charge in [-0.3, -0.25) is 4.68 Å². The summed E-state index contributed by atoms with van der Waals surface area (Å²) < 4.78 is 1.98. The largest absolute Gasteiger partial charge is 0.380 e. The molecule has 1 aliphatic heterocycles. The molecule has 2 aliphatic rings. The summed E-state index contributed by atoms with van der Waals surface area (Å²) >= 11 is 0. The summed E-state index contributed by atoms with van der Waals surface area (Å²) in [5.74, 6) is 1.18. The van der Waals surface area contributed by atoms with Gasteiger partial charge in [-0.15, -0.1) is 0 Å². The minimum Gasteiger partial charge on any atom is -0.380 e. The van der Waals surface area contributed by atoms with Crippen molar-refractivity contribution in [1.82, 2.24) is 9.78 Å². The molecule has 3 rings (SSSR count). The monoisotopic (exact) mass is 220 g/mol. The molecule has 0 bridgehead atoms. The first-order valence-electron chi connectivity index (χ1n) is 6.26. The van der Waals surface area contributed by atoms with Crippen LogP contribution < -0.4 is 10.6 Å². The number of aromatic nitrogens is 2. The lowest BCUT2D eigenvalue weighted by atomic mass is 9.93. The van der Waals surface area contributed by atoms with E-state index in [1.165, 1.54) is 43.6 Å². The van der Waals surface area contributed by atoms with Crippen molar-refractivity contribution < 1.29 is 0 Å². The average Bonchev–Trinajstić information content (AvgIpc) is 2.71. The Bertz CT molecular complexity index is 401. The molecule has 1 fully saturated rings. The fourth-order valence-corrected chi connectivity index (χ4v) is 3.18. The maximum Gasteiger partial charge on any atom is 0.148 e. The van der Waals surface area contributed by atoms with E-state index in [-0.39, 0.29) is 0 Å². The smallest absolute Gasteiger partial charge is 0.148 e. The highest BCUT2D eigenvalue weighted by atomic mass is 15.3. The molecule has 88 valence electrons. The van der Waals surface area contributed by atoms with Gasteiger partial charge in [-0.05, 0) is 26.2 Å². The predicted molar refractivity (Wildman–Crippen MR) is 65.9 cm³/mol. The van der Waals surface area contributed by atoms with E-state index in [4.69, 9.17) is 0 Å². The van der Waals surface area contributed by atoms with Crippen LogP contribution in [0.3, 0.4) is 0 Å². The van der Waals surface area contributed by atoms with E-state index in [1.54, 1.807) is 0 Å². The Morgan fingerprint density at radius 1 is 1.25 bits per heavy atom. The Kier molecular flexibility index (Phi) is 2.13. The highest BCUT2D eigenvalue weighted by Gasteiger charge is 2.36. The third kappa shape index (κ3) is 1.39. The lowest BCUT2D eigenvalue weighted by Crippen LogP contribution is -2.36. The van der Waals surface area contributed by atoms with Crippen molar-refractivity contribution in [3.63, 3.8) is 0 Å². The first-order chi connectivity index (χ1) is 7.70. The Labute approximate surface area is 96.4 Å². The second kappa shape index (κ2) is 3.40. The van der Waals surface area contributed by atoms with Gasteiger partial charge < -0.3 is 10.6 Å². The van der Waals surface area contributed by atoms with E-state index in [0.717, 1.165) is 12.2 Å². The summed E-state index contributed by atoms with van der Waals surface area (Å²) in [4.78, 5) is 0. The summed E-state index contributed by atoms with van der Waals surface area (Å²) in [5.41, 5.74) is 2.63. The number of rotatable bonds is 0. The van der Waals surface area contributed by atoms with Crippen molar-refractivity contribution in [2.75, 3.05) is 17.2 Å². The molecule has 0 atom stereocenters. The number of nitrogens with one attached hydrogen (secondary N) is 2. The minimum atomic E-state index is 0.332. The molecule has 0 aromatic carbocycles. The predicted octanol–water partition coefficient (Wildman–Crippen LogP) is 2.27. The first kappa shape index (κ1) is 10.00. The molecule has 1 aromatic rings. The van der Waals surface area contributed by atoms with Gasteiger partial charge in [0.05, 0.1) is 5.69 Å². The van der Waals surface area contributed by atoms with E-state index >= 15 is 0 Å². The Morgan fingerprint density at radius 3 is 2.75 bits per heavy atom. The molecule has 16 heavy (non-hydrogen) atoms. The van der Waals surface area contributed by atoms with Crippen molar-refractivity contribution in [3.8, 4) is 0 Å². The maximum absolute atomic E-state index is 4.48. The third-order valence-electron chi connectivity index (χ3n) is 4.07. The van der Waals surface area contributed by atoms with Crippen molar-refractivity contribution in [2.24, 2.45) is 7.05 Å². The van der Waals surface area contributed by atoms with Gasteiger partial charge >= 0.3 is 0 Å². The lowest BCUT2D eigenvalue weighted by molar-refractivity contribution is 0.456. The zero-order chi connectivity index (χ0) is 11.2. The van der Waals surface area contributed by atoms with Crippen LogP contribution in [0.25, 0.3) is 0 Å². The van der Waals surface area contributed by atoms with Gasteiger partial charge in [-0.1, -0.05) is 12.8 Å². The Balaban J connectivity index is 1.99. The second-order valence-electron chi connectivity index (χ2n) is 5.22. The summed E-state index contributed by atoms with van der Waals surface area (Å²) in [5, 5.41) is 11.8. The van der Waals surface area contributed by atoms with Gasteiger partial charge in [0.15, 0.2) is 0 Å². The highest BCUT2D eigenvalue weighted by Crippen LogP contribution is 2.40. The number of hydrogen-bond donors (Lipinski definition) is 2. The van der Waals surface area contributed by atoms with Gasteiger partial charge in [-0.25, -0.2) is 0 Å². The SMILES string of the molecule is Cc1nn(C)c2c1NCCC1(CCCC1)N2. The van der Waals surface area contributed by atoms with Crippen LogP contribution in [0.2, 0.25) is 0 Å². The molecule has 4 heteroatoms. The lowest BCUT2D eigenvalue weighted by Gasteiger charge is -2.29. The molecule has 2 heterocycles. The van der Waals surface area contributed by atoms with Crippen LogP contribution in [0.4, 0.5) is 11.5 Å². The quantitative estimate of drug-likeness (QED) is 0.704. The first-order valence-corrected chi connectivity index (χ1v) is 6.26. The van der Waals surface area contributed by atoms with Crippen LogP contribution in [0.5, 0.6) is 0 Å². The fourth-order valence-electron chi connectivity index (χ4n) is 3.18. The van der Waals surface area contributed by atoms with Gasteiger partial charge in [-0.2, -0.15) is 5.10 Å². The molecule has 1 saturated carbocycles. The van der Waals surface area contributed by atoms with Crippen LogP contribution in [0.1, 0.15) is 37.8 Å². The average molecular weight is 220 g/mol. The topological polar surface area (TPSA) is 41.9 Å². The van der Waals surface area contributed by atoms with Gasteiger partial charge in [0.1, 0.15) is 11.5 Å². The van der Waals surface area contributed by atoms with E-state index in [9.17, 15) is 0 Å². The minimum absolute atomic E-state index is 0.332. The van der Waals surface area contributed by atoms with Gasteiger partial charge in [0.2, 0.25) is 0 Å². The molecule has 4 nitrogen and oxygen atoms in total.